The summed E-state index contributed by atoms with van der Waals surface area (Å²) in [5.41, 5.74) is 7.45. The molecule has 1 aromatic heterocycles. The second-order valence-electron chi connectivity index (χ2n) is 5.12. The molecule has 0 aliphatic carbocycles. The summed E-state index contributed by atoms with van der Waals surface area (Å²) in [5, 5.41) is 2.91. The van der Waals surface area contributed by atoms with Crippen molar-refractivity contribution in [1.82, 2.24) is 9.97 Å². The van der Waals surface area contributed by atoms with Gasteiger partial charge < -0.3 is 16.5 Å². The third-order valence-corrected chi connectivity index (χ3v) is 2.34. The normalized spacial score (nSPS) is 12.9. The van der Waals surface area contributed by atoms with E-state index in [9.17, 15) is 4.79 Å². The minimum Gasteiger partial charge on any atom is -0.368 e. The van der Waals surface area contributed by atoms with Crippen LogP contribution in [0.15, 0.2) is 6.07 Å². The number of nitrogen functional groups attached to an aromatic ring is 1. The van der Waals surface area contributed by atoms with Crippen molar-refractivity contribution in [2.75, 3.05) is 10.7 Å². The van der Waals surface area contributed by atoms with Crippen molar-refractivity contribution >= 4 is 17.5 Å². The van der Waals surface area contributed by atoms with Gasteiger partial charge in [0.05, 0.1) is 0 Å². The number of anilines is 2. The predicted octanol–water partition coefficient (Wildman–Crippen LogP) is 0.345. The maximum Gasteiger partial charge on any atom is 0.239 e. The number of hydrazine groups is 1. The second-order valence-corrected chi connectivity index (χ2v) is 5.12. The monoisotopic (exact) mass is 252 g/mol. The zero-order valence-electron chi connectivity index (χ0n) is 11.1. The van der Waals surface area contributed by atoms with Crippen LogP contribution in [0.4, 0.5) is 11.6 Å². The third kappa shape index (κ3) is 3.56. The largest absolute Gasteiger partial charge is 0.368 e. The van der Waals surface area contributed by atoms with Gasteiger partial charge in [0.2, 0.25) is 5.91 Å². The van der Waals surface area contributed by atoms with Crippen LogP contribution < -0.4 is 22.3 Å². The van der Waals surface area contributed by atoms with E-state index in [1.807, 2.05) is 20.8 Å². The summed E-state index contributed by atoms with van der Waals surface area (Å²) in [4.78, 5) is 19.6. The molecule has 6 N–H and O–H groups in total. The molecule has 0 spiro atoms. The number of aromatic nitrogens is 2. The molecule has 7 nitrogen and oxygen atoms in total. The van der Waals surface area contributed by atoms with Crippen LogP contribution in [0.5, 0.6) is 0 Å². The van der Waals surface area contributed by atoms with E-state index in [1.165, 1.54) is 0 Å². The van der Waals surface area contributed by atoms with Gasteiger partial charge in [-0.3, -0.25) is 4.79 Å². The molecule has 1 rings (SSSR count). The van der Waals surface area contributed by atoms with Crippen molar-refractivity contribution in [2.45, 2.75) is 39.2 Å². The van der Waals surface area contributed by atoms with E-state index >= 15 is 0 Å². The predicted molar refractivity (Wildman–Crippen MR) is 70.8 cm³/mol. The van der Waals surface area contributed by atoms with E-state index in [0.29, 0.717) is 17.5 Å². The van der Waals surface area contributed by atoms with Crippen LogP contribution in [0, 0.1) is 0 Å². The quantitative estimate of drug-likeness (QED) is 0.453. The van der Waals surface area contributed by atoms with Gasteiger partial charge in [-0.1, -0.05) is 20.8 Å². The van der Waals surface area contributed by atoms with Gasteiger partial charge in [-0.15, -0.1) is 0 Å². The average Bonchev–Trinajstić information content (AvgIpc) is 2.27. The number of nitrogens with one attached hydrogen (secondary N) is 2. The van der Waals surface area contributed by atoms with Crippen molar-refractivity contribution in [3.05, 3.63) is 11.9 Å². The van der Waals surface area contributed by atoms with E-state index in [-0.39, 0.29) is 5.41 Å². The molecule has 0 bridgehead atoms. The summed E-state index contributed by atoms with van der Waals surface area (Å²) in [6.07, 6.45) is 0. The molecule has 0 radical (unpaired) electrons. The Labute approximate surface area is 106 Å². The minimum absolute atomic E-state index is 0.223. The van der Waals surface area contributed by atoms with Crippen molar-refractivity contribution in [3.8, 4) is 0 Å². The number of nitrogens with two attached hydrogens (primary N) is 2. The Kier molecular flexibility index (Phi) is 4.07. The van der Waals surface area contributed by atoms with E-state index in [1.54, 1.807) is 13.0 Å². The molecule has 0 saturated heterocycles. The van der Waals surface area contributed by atoms with E-state index < -0.39 is 11.9 Å². The maximum absolute atomic E-state index is 11.0. The molecule has 1 aromatic rings. The van der Waals surface area contributed by atoms with Crippen molar-refractivity contribution < 1.29 is 4.79 Å². The number of hydrogen-bond donors (Lipinski definition) is 4. The highest BCUT2D eigenvalue weighted by atomic mass is 16.1. The maximum atomic E-state index is 11.0. The number of carbonyl (C=O) groups is 1. The summed E-state index contributed by atoms with van der Waals surface area (Å²) in [6.45, 7) is 7.63. The van der Waals surface area contributed by atoms with Crippen molar-refractivity contribution in [2.24, 2.45) is 11.6 Å². The molecule has 1 heterocycles. The number of carbonyl (C=O) groups excluding carboxylic acids is 1. The van der Waals surface area contributed by atoms with Gasteiger partial charge in [-0.05, 0) is 6.92 Å². The van der Waals surface area contributed by atoms with Crippen molar-refractivity contribution in [3.63, 3.8) is 0 Å². The topological polar surface area (TPSA) is 119 Å². The van der Waals surface area contributed by atoms with Crippen LogP contribution in [0.3, 0.4) is 0 Å². The zero-order chi connectivity index (χ0) is 13.9. The van der Waals surface area contributed by atoms with Gasteiger partial charge in [0.1, 0.15) is 23.5 Å². The average molecular weight is 252 g/mol. The van der Waals surface area contributed by atoms with E-state index in [0.717, 1.165) is 0 Å². The number of nitrogens with zero attached hydrogens (tertiary/aromatic N) is 2. The van der Waals surface area contributed by atoms with Gasteiger partial charge in [-0.25, -0.2) is 15.8 Å². The number of hydrogen-bond acceptors (Lipinski definition) is 6. The first-order chi connectivity index (χ1) is 8.24. The Bertz CT molecular complexity index is 440. The fraction of sp³-hybridized carbons (Fsp3) is 0.545. The van der Waals surface area contributed by atoms with E-state index in [4.69, 9.17) is 11.6 Å². The molecular formula is C11H20N6O. The molecule has 100 valence electrons. The molecule has 7 heteroatoms. The molecule has 1 amide bonds. The van der Waals surface area contributed by atoms with Crippen LogP contribution >= 0.6 is 0 Å². The highest BCUT2D eigenvalue weighted by Gasteiger charge is 2.20. The molecule has 18 heavy (non-hydrogen) atoms. The lowest BCUT2D eigenvalue weighted by Gasteiger charge is -2.19. The van der Waals surface area contributed by atoms with Gasteiger partial charge in [-0.2, -0.15) is 0 Å². The molecule has 0 aromatic carbocycles. The number of amides is 1. The lowest BCUT2D eigenvalue weighted by molar-refractivity contribution is -0.118. The zero-order valence-corrected chi connectivity index (χ0v) is 11.1. The molecular weight excluding hydrogens is 232 g/mol. The minimum atomic E-state index is -0.515. The Morgan fingerprint density at radius 3 is 2.33 bits per heavy atom. The SMILES string of the molecule is CC(Nc1cc(NN)nc(C(C)(C)C)n1)C(N)=O. The second kappa shape index (κ2) is 5.18. The fourth-order valence-corrected chi connectivity index (χ4v) is 1.22. The van der Waals surface area contributed by atoms with Gasteiger partial charge in [0, 0.05) is 11.5 Å². The molecule has 0 saturated carbocycles. The highest BCUT2D eigenvalue weighted by Crippen LogP contribution is 2.22. The van der Waals surface area contributed by atoms with E-state index in [2.05, 4.69) is 20.7 Å². The first-order valence-electron chi connectivity index (χ1n) is 5.66. The van der Waals surface area contributed by atoms with Gasteiger partial charge in [0.25, 0.3) is 0 Å². The molecule has 1 unspecified atom stereocenters. The first kappa shape index (κ1) is 14.2. The third-order valence-electron chi connectivity index (χ3n) is 2.34. The lowest BCUT2D eigenvalue weighted by atomic mass is 9.96. The number of rotatable bonds is 4. The summed E-state index contributed by atoms with van der Waals surface area (Å²) in [6, 6.07) is 1.10. The van der Waals surface area contributed by atoms with Gasteiger partial charge in [0.15, 0.2) is 0 Å². The number of primary amides is 1. The standard InChI is InChI=1S/C11H20N6O/c1-6(9(12)18)14-7-5-8(17-13)16-10(15-7)11(2,3)4/h5-6H,13H2,1-4H3,(H2,12,18)(H2,14,15,16,17). The van der Waals surface area contributed by atoms with Crippen molar-refractivity contribution in [1.29, 1.82) is 0 Å². The Hall–Kier alpha value is -1.89. The Balaban J connectivity index is 3.09. The fourth-order valence-electron chi connectivity index (χ4n) is 1.22. The summed E-state index contributed by atoms with van der Waals surface area (Å²) in [7, 11) is 0. The Morgan fingerprint density at radius 2 is 1.89 bits per heavy atom. The smallest absolute Gasteiger partial charge is 0.239 e. The molecule has 0 aliphatic rings. The lowest BCUT2D eigenvalue weighted by Crippen LogP contribution is -2.33. The Morgan fingerprint density at radius 1 is 1.33 bits per heavy atom. The van der Waals surface area contributed by atoms with Crippen LogP contribution in [0.2, 0.25) is 0 Å². The first-order valence-corrected chi connectivity index (χ1v) is 5.66. The van der Waals surface area contributed by atoms with Crippen LogP contribution in [-0.4, -0.2) is 21.9 Å². The molecule has 1 atom stereocenters. The summed E-state index contributed by atoms with van der Waals surface area (Å²) >= 11 is 0. The summed E-state index contributed by atoms with van der Waals surface area (Å²) in [5.74, 6) is 6.52. The van der Waals surface area contributed by atoms with Gasteiger partial charge >= 0.3 is 0 Å². The van der Waals surface area contributed by atoms with Crippen LogP contribution in [0.1, 0.15) is 33.5 Å². The highest BCUT2D eigenvalue weighted by molar-refractivity contribution is 5.82. The van der Waals surface area contributed by atoms with Crippen LogP contribution in [0.25, 0.3) is 0 Å². The molecule has 0 aliphatic heterocycles. The molecule has 0 fully saturated rings. The van der Waals surface area contributed by atoms with Crippen LogP contribution in [-0.2, 0) is 10.2 Å². The summed E-state index contributed by atoms with van der Waals surface area (Å²) < 4.78 is 0.